The van der Waals surface area contributed by atoms with E-state index in [1.807, 2.05) is 19.1 Å². The number of allylic oxidation sites excluding steroid dienone is 4. The second-order valence-electron chi connectivity index (χ2n) is 3.92. The summed E-state index contributed by atoms with van der Waals surface area (Å²) in [7, 11) is 0. The van der Waals surface area contributed by atoms with Crippen LogP contribution in [0.2, 0.25) is 0 Å². The van der Waals surface area contributed by atoms with Gasteiger partial charge in [0.15, 0.2) is 4.67 Å². The summed E-state index contributed by atoms with van der Waals surface area (Å²) in [6, 6.07) is 6.08. The van der Waals surface area contributed by atoms with Crippen molar-refractivity contribution in [2.45, 2.75) is 26.7 Å². The molecule has 1 aliphatic carbocycles. The minimum Gasteiger partial charge on any atom is -0.450 e. The van der Waals surface area contributed by atoms with Crippen LogP contribution in [0.4, 0.5) is 0 Å². The Morgan fingerprint density at radius 3 is 2.75 bits per heavy atom. The predicted molar refractivity (Wildman–Crippen MR) is 66.5 cm³/mol. The summed E-state index contributed by atoms with van der Waals surface area (Å²) in [6.45, 7) is 3.94. The zero-order chi connectivity index (χ0) is 11.7. The molecule has 0 aliphatic heterocycles. The number of hydrogen-bond acceptors (Lipinski definition) is 2. The third kappa shape index (κ3) is 1.85. The molecule has 0 bridgehead atoms. The third-order valence-electron chi connectivity index (χ3n) is 3.02. The Bertz CT molecular complexity index is 528. The highest BCUT2D eigenvalue weighted by molar-refractivity contribution is 9.10. The van der Waals surface area contributed by atoms with Gasteiger partial charge in [0.2, 0.25) is 0 Å². The van der Waals surface area contributed by atoms with E-state index in [9.17, 15) is 0 Å². The van der Waals surface area contributed by atoms with Gasteiger partial charge in [0, 0.05) is 5.57 Å². The number of nitriles is 1. The van der Waals surface area contributed by atoms with Gasteiger partial charge in [-0.15, -0.1) is 0 Å². The summed E-state index contributed by atoms with van der Waals surface area (Å²) in [5.41, 5.74) is 4.40. The Morgan fingerprint density at radius 1 is 1.44 bits per heavy atom. The fraction of sp³-hybridized carbons (Fsp3) is 0.308. The van der Waals surface area contributed by atoms with Gasteiger partial charge in [0.1, 0.15) is 5.76 Å². The van der Waals surface area contributed by atoms with E-state index in [4.69, 9.17) is 9.68 Å². The molecule has 0 saturated carbocycles. The van der Waals surface area contributed by atoms with Gasteiger partial charge < -0.3 is 4.42 Å². The molecule has 82 valence electrons. The molecule has 0 atom stereocenters. The van der Waals surface area contributed by atoms with Crippen LogP contribution in [-0.2, 0) is 0 Å². The predicted octanol–water partition coefficient (Wildman–Crippen LogP) is 4.45. The maximum Gasteiger partial charge on any atom is 0.169 e. The van der Waals surface area contributed by atoms with Gasteiger partial charge in [-0.25, -0.2) is 0 Å². The average molecular weight is 278 g/mol. The molecule has 0 aromatic carbocycles. The minimum absolute atomic E-state index is 0.747. The lowest BCUT2D eigenvalue weighted by molar-refractivity contribution is 0.526. The number of furan rings is 1. The first-order valence-electron chi connectivity index (χ1n) is 5.19. The molecule has 0 amide bonds. The van der Waals surface area contributed by atoms with Crippen molar-refractivity contribution in [1.29, 1.82) is 5.26 Å². The third-order valence-corrected chi connectivity index (χ3v) is 3.45. The van der Waals surface area contributed by atoms with Crippen LogP contribution in [0.15, 0.2) is 37.9 Å². The largest absolute Gasteiger partial charge is 0.450 e. The Hall–Kier alpha value is -1.27. The van der Waals surface area contributed by atoms with Crippen molar-refractivity contribution in [3.63, 3.8) is 0 Å². The fourth-order valence-corrected chi connectivity index (χ4v) is 2.43. The topological polar surface area (TPSA) is 36.9 Å². The fourth-order valence-electron chi connectivity index (χ4n) is 2.13. The number of nitrogens with zero attached hydrogens (tertiary/aromatic N) is 1. The van der Waals surface area contributed by atoms with Crippen molar-refractivity contribution < 1.29 is 4.42 Å². The highest BCUT2D eigenvalue weighted by atomic mass is 79.9. The summed E-state index contributed by atoms with van der Waals surface area (Å²) < 4.78 is 6.30. The number of rotatable bonds is 1. The van der Waals surface area contributed by atoms with Crippen molar-refractivity contribution in [3.8, 4) is 6.07 Å². The van der Waals surface area contributed by atoms with Crippen LogP contribution in [0.3, 0.4) is 0 Å². The molecule has 0 unspecified atom stereocenters. The van der Waals surface area contributed by atoms with Crippen molar-refractivity contribution >= 4 is 21.5 Å². The molecule has 0 spiro atoms. The van der Waals surface area contributed by atoms with E-state index < -0.39 is 0 Å². The lowest BCUT2D eigenvalue weighted by Gasteiger charge is -2.01. The van der Waals surface area contributed by atoms with Crippen LogP contribution < -0.4 is 0 Å². The smallest absolute Gasteiger partial charge is 0.169 e. The molecule has 1 aliphatic rings. The van der Waals surface area contributed by atoms with Crippen LogP contribution >= 0.6 is 15.9 Å². The van der Waals surface area contributed by atoms with Crippen LogP contribution in [0, 0.1) is 11.3 Å². The van der Waals surface area contributed by atoms with E-state index in [1.165, 1.54) is 16.7 Å². The van der Waals surface area contributed by atoms with Gasteiger partial charge in [-0.3, -0.25) is 0 Å². The zero-order valence-electron chi connectivity index (χ0n) is 9.30. The molecule has 2 rings (SSSR count). The van der Waals surface area contributed by atoms with Crippen LogP contribution in [-0.4, -0.2) is 0 Å². The SMILES string of the molecule is CC1=C(c2ccc(Br)o2)CC/C1=C(\C)C#N. The molecule has 16 heavy (non-hydrogen) atoms. The maximum absolute atomic E-state index is 8.91. The van der Waals surface area contributed by atoms with Crippen molar-refractivity contribution in [3.05, 3.63) is 39.3 Å². The van der Waals surface area contributed by atoms with Gasteiger partial charge in [0.05, 0.1) is 6.07 Å². The highest BCUT2D eigenvalue weighted by Crippen LogP contribution is 2.39. The van der Waals surface area contributed by atoms with Crippen LogP contribution in [0.1, 0.15) is 32.4 Å². The second kappa shape index (κ2) is 4.31. The van der Waals surface area contributed by atoms with Crippen molar-refractivity contribution in [1.82, 2.24) is 0 Å². The number of halogens is 1. The Morgan fingerprint density at radius 2 is 2.19 bits per heavy atom. The minimum atomic E-state index is 0.747. The van der Waals surface area contributed by atoms with Crippen LogP contribution in [0.25, 0.3) is 5.57 Å². The molecule has 1 heterocycles. The van der Waals surface area contributed by atoms with Crippen LogP contribution in [0.5, 0.6) is 0 Å². The Kier molecular flexibility index (Phi) is 3.02. The molecular formula is C13H12BrNO. The first-order chi connectivity index (χ1) is 7.63. The molecule has 1 aromatic rings. The summed E-state index contributed by atoms with van der Waals surface area (Å²) in [6.07, 6.45) is 1.90. The van der Waals surface area contributed by atoms with Crippen molar-refractivity contribution in [2.75, 3.05) is 0 Å². The molecule has 3 heteroatoms. The molecule has 0 radical (unpaired) electrons. The molecule has 0 N–H and O–H groups in total. The zero-order valence-corrected chi connectivity index (χ0v) is 10.9. The quantitative estimate of drug-likeness (QED) is 0.711. The molecule has 0 fully saturated rings. The summed E-state index contributed by atoms with van der Waals surface area (Å²) in [5.74, 6) is 0.908. The standard InChI is InChI=1S/C13H12BrNO/c1-8(7-15)10-3-4-11(9(10)2)12-5-6-13(14)16-12/h5-6H,3-4H2,1-2H3/b10-8-. The van der Waals surface area contributed by atoms with Gasteiger partial charge >= 0.3 is 0 Å². The Labute approximate surface area is 103 Å². The molecule has 0 saturated heterocycles. The van der Waals surface area contributed by atoms with E-state index in [0.717, 1.165) is 28.8 Å². The number of hydrogen-bond donors (Lipinski definition) is 0. The monoisotopic (exact) mass is 277 g/mol. The lowest BCUT2D eigenvalue weighted by atomic mass is 10.0. The summed E-state index contributed by atoms with van der Waals surface area (Å²) >= 11 is 3.30. The van der Waals surface area contributed by atoms with E-state index in [1.54, 1.807) is 0 Å². The first kappa shape index (κ1) is 11.2. The normalized spacial score (nSPS) is 18.9. The molecular weight excluding hydrogens is 266 g/mol. The average Bonchev–Trinajstić information content (AvgIpc) is 2.83. The van der Waals surface area contributed by atoms with E-state index in [2.05, 4.69) is 28.9 Å². The maximum atomic E-state index is 8.91. The van der Waals surface area contributed by atoms with E-state index >= 15 is 0 Å². The van der Waals surface area contributed by atoms with E-state index in [0.29, 0.717) is 0 Å². The van der Waals surface area contributed by atoms with Gasteiger partial charge in [-0.1, -0.05) is 0 Å². The molecule has 2 nitrogen and oxygen atoms in total. The van der Waals surface area contributed by atoms with Crippen molar-refractivity contribution in [2.24, 2.45) is 0 Å². The van der Waals surface area contributed by atoms with Gasteiger partial charge in [-0.2, -0.15) is 5.26 Å². The Balaban J connectivity index is 2.46. The first-order valence-corrected chi connectivity index (χ1v) is 5.98. The lowest BCUT2D eigenvalue weighted by Crippen LogP contribution is -1.83. The van der Waals surface area contributed by atoms with Gasteiger partial charge in [-0.05, 0) is 71.5 Å². The second-order valence-corrected chi connectivity index (χ2v) is 4.70. The van der Waals surface area contributed by atoms with Gasteiger partial charge in [0.25, 0.3) is 0 Å². The molecule has 1 aromatic heterocycles. The summed E-state index contributed by atoms with van der Waals surface area (Å²) in [4.78, 5) is 0. The van der Waals surface area contributed by atoms with E-state index in [-0.39, 0.29) is 0 Å². The highest BCUT2D eigenvalue weighted by Gasteiger charge is 2.21. The summed E-state index contributed by atoms with van der Waals surface area (Å²) in [5, 5.41) is 8.91.